The summed E-state index contributed by atoms with van der Waals surface area (Å²) in [4.78, 5) is 11.9. The summed E-state index contributed by atoms with van der Waals surface area (Å²) < 4.78 is 5.20. The molecule has 2 N–H and O–H groups in total. The van der Waals surface area contributed by atoms with E-state index in [9.17, 15) is 4.79 Å². The molecule has 0 aromatic heterocycles. The van der Waals surface area contributed by atoms with Crippen molar-refractivity contribution in [1.82, 2.24) is 10.6 Å². The van der Waals surface area contributed by atoms with Crippen LogP contribution in [0.5, 0.6) is 5.75 Å². The number of hydrogen-bond donors (Lipinski definition) is 2. The molecule has 31 heavy (non-hydrogen) atoms. The molecule has 0 aliphatic rings. The summed E-state index contributed by atoms with van der Waals surface area (Å²) in [6.07, 6.45) is 22.9. The molecule has 0 fully saturated rings. The normalized spacial score (nSPS) is 11.0. The van der Waals surface area contributed by atoms with Gasteiger partial charge < -0.3 is 15.4 Å². The Morgan fingerprint density at radius 1 is 0.839 bits per heavy atom. The van der Waals surface area contributed by atoms with Gasteiger partial charge in [-0.15, -0.1) is 0 Å². The van der Waals surface area contributed by atoms with Crippen molar-refractivity contribution in [3.05, 3.63) is 42.0 Å². The zero-order valence-electron chi connectivity index (χ0n) is 20.1. The highest BCUT2D eigenvalue weighted by Gasteiger charge is 2.01. The second-order valence-corrected chi connectivity index (χ2v) is 8.40. The number of ether oxygens (including phenoxy) is 1. The lowest BCUT2D eigenvalue weighted by molar-refractivity contribution is 0.240. The molecule has 0 radical (unpaired) electrons. The van der Waals surface area contributed by atoms with Gasteiger partial charge in [0.1, 0.15) is 5.75 Å². The zero-order chi connectivity index (χ0) is 22.4. The van der Waals surface area contributed by atoms with Crippen LogP contribution in [0.3, 0.4) is 0 Å². The predicted octanol–water partition coefficient (Wildman–Crippen LogP) is 7.53. The summed E-state index contributed by atoms with van der Waals surface area (Å²) in [5, 5.41) is 5.83. The maximum absolute atomic E-state index is 11.9. The van der Waals surface area contributed by atoms with Gasteiger partial charge >= 0.3 is 6.03 Å². The van der Waals surface area contributed by atoms with Crippen molar-refractivity contribution in [2.75, 3.05) is 13.7 Å². The van der Waals surface area contributed by atoms with Crippen molar-refractivity contribution in [2.24, 2.45) is 0 Å². The van der Waals surface area contributed by atoms with Gasteiger partial charge in [-0.1, -0.05) is 89.0 Å². The molecule has 0 saturated carbocycles. The van der Waals surface area contributed by atoms with Crippen molar-refractivity contribution in [2.45, 2.75) is 103 Å². The van der Waals surface area contributed by atoms with E-state index in [1.54, 1.807) is 7.11 Å². The Balaban J connectivity index is 1.84. The van der Waals surface area contributed by atoms with Crippen molar-refractivity contribution in [3.8, 4) is 5.75 Å². The molecule has 0 aliphatic heterocycles. The van der Waals surface area contributed by atoms with Crippen molar-refractivity contribution in [3.63, 3.8) is 0 Å². The lowest BCUT2D eigenvalue weighted by atomic mass is 10.1. The number of rotatable bonds is 19. The van der Waals surface area contributed by atoms with Gasteiger partial charge in [0.05, 0.1) is 7.11 Å². The molecule has 0 aliphatic carbocycles. The Hall–Kier alpha value is -1.97. The Labute approximate surface area is 191 Å². The minimum atomic E-state index is -0.101. The molecular weight excluding hydrogens is 384 g/mol. The topological polar surface area (TPSA) is 50.4 Å². The molecule has 4 heteroatoms. The number of unbranched alkanes of at least 4 members (excludes halogenated alkanes) is 12. The lowest BCUT2D eigenvalue weighted by Gasteiger charge is -2.08. The minimum absolute atomic E-state index is 0.101. The number of allylic oxidation sites excluding steroid dienone is 2. The van der Waals surface area contributed by atoms with Gasteiger partial charge in [0.25, 0.3) is 0 Å². The molecule has 1 rings (SSSR count). The molecule has 2 amide bonds. The number of amides is 2. The monoisotopic (exact) mass is 430 g/mol. The van der Waals surface area contributed by atoms with E-state index in [2.05, 4.69) is 29.7 Å². The lowest BCUT2D eigenvalue weighted by Crippen LogP contribution is -2.35. The van der Waals surface area contributed by atoms with E-state index in [1.807, 2.05) is 24.3 Å². The zero-order valence-corrected chi connectivity index (χ0v) is 20.1. The average molecular weight is 431 g/mol. The molecule has 1 aromatic carbocycles. The molecule has 0 saturated heterocycles. The number of nitrogens with one attached hydrogen (secondary N) is 2. The largest absolute Gasteiger partial charge is 0.497 e. The van der Waals surface area contributed by atoms with E-state index in [0.717, 1.165) is 24.3 Å². The van der Waals surface area contributed by atoms with Gasteiger partial charge in [0.15, 0.2) is 0 Å². The van der Waals surface area contributed by atoms with E-state index in [4.69, 9.17) is 4.74 Å². The number of benzene rings is 1. The van der Waals surface area contributed by atoms with Gasteiger partial charge in [-0.2, -0.15) is 0 Å². The molecular formula is C27H46N2O2. The van der Waals surface area contributed by atoms with Crippen molar-refractivity contribution >= 4 is 6.03 Å². The summed E-state index contributed by atoms with van der Waals surface area (Å²) in [6.45, 7) is 3.52. The Bertz CT molecular complexity index is 586. The molecule has 0 unspecified atom stereocenters. The third kappa shape index (κ3) is 16.4. The van der Waals surface area contributed by atoms with Gasteiger partial charge in [0.2, 0.25) is 0 Å². The Kier molecular flexibility index (Phi) is 17.4. The van der Waals surface area contributed by atoms with E-state index in [-0.39, 0.29) is 6.03 Å². The third-order valence-corrected chi connectivity index (χ3v) is 5.56. The number of hydrogen-bond acceptors (Lipinski definition) is 2. The van der Waals surface area contributed by atoms with Crippen LogP contribution in [0.4, 0.5) is 4.79 Å². The van der Waals surface area contributed by atoms with Crippen LogP contribution in [-0.2, 0) is 6.54 Å². The smallest absolute Gasteiger partial charge is 0.315 e. The molecule has 4 nitrogen and oxygen atoms in total. The highest BCUT2D eigenvalue weighted by Crippen LogP contribution is 2.12. The van der Waals surface area contributed by atoms with Gasteiger partial charge in [-0.25, -0.2) is 4.79 Å². The quantitative estimate of drug-likeness (QED) is 0.176. The second-order valence-electron chi connectivity index (χ2n) is 8.40. The van der Waals surface area contributed by atoms with Crippen LogP contribution in [0.15, 0.2) is 36.4 Å². The molecule has 0 heterocycles. The van der Waals surface area contributed by atoms with E-state index in [1.165, 1.54) is 83.5 Å². The Morgan fingerprint density at radius 2 is 1.45 bits per heavy atom. The van der Waals surface area contributed by atoms with Crippen LogP contribution in [0, 0.1) is 0 Å². The standard InChI is InChI=1S/C27H46N2O2/c1-3-4-5-6-7-8-9-10-11-12-13-14-15-16-17-18-22-28-27(30)29-24-25-20-19-21-26(23-25)31-2/h10-11,19-21,23H,3-9,12-18,22,24H2,1-2H3,(H2,28,29,30)/b11-10-. The highest BCUT2D eigenvalue weighted by atomic mass is 16.5. The fraction of sp³-hybridized carbons (Fsp3) is 0.667. The summed E-state index contributed by atoms with van der Waals surface area (Å²) in [5.74, 6) is 0.809. The first-order chi connectivity index (χ1) is 15.3. The summed E-state index contributed by atoms with van der Waals surface area (Å²) >= 11 is 0. The molecule has 0 atom stereocenters. The first kappa shape index (κ1) is 27.1. The molecule has 176 valence electrons. The van der Waals surface area contributed by atoms with Crippen molar-refractivity contribution in [1.29, 1.82) is 0 Å². The van der Waals surface area contributed by atoms with Gasteiger partial charge in [0, 0.05) is 13.1 Å². The van der Waals surface area contributed by atoms with Crippen LogP contribution < -0.4 is 15.4 Å². The number of carbonyl (C=O) groups excluding carboxylic acids is 1. The number of methoxy groups -OCH3 is 1. The average Bonchev–Trinajstić information content (AvgIpc) is 2.80. The fourth-order valence-electron chi connectivity index (χ4n) is 3.60. The maximum Gasteiger partial charge on any atom is 0.315 e. The molecule has 1 aromatic rings. The first-order valence-corrected chi connectivity index (χ1v) is 12.6. The van der Waals surface area contributed by atoms with Gasteiger partial charge in [-0.05, 0) is 49.8 Å². The van der Waals surface area contributed by atoms with E-state index in [0.29, 0.717) is 6.54 Å². The van der Waals surface area contributed by atoms with Crippen LogP contribution in [0.2, 0.25) is 0 Å². The van der Waals surface area contributed by atoms with Crippen LogP contribution in [0.25, 0.3) is 0 Å². The van der Waals surface area contributed by atoms with E-state index < -0.39 is 0 Å². The highest BCUT2D eigenvalue weighted by molar-refractivity contribution is 5.73. The Morgan fingerprint density at radius 3 is 2.10 bits per heavy atom. The number of urea groups is 1. The summed E-state index contributed by atoms with van der Waals surface area (Å²) in [7, 11) is 1.65. The van der Waals surface area contributed by atoms with Crippen LogP contribution in [-0.4, -0.2) is 19.7 Å². The molecule has 0 bridgehead atoms. The second kappa shape index (κ2) is 20.0. The number of carbonyl (C=O) groups is 1. The predicted molar refractivity (Wildman–Crippen MR) is 133 cm³/mol. The summed E-state index contributed by atoms with van der Waals surface area (Å²) in [5.41, 5.74) is 1.03. The minimum Gasteiger partial charge on any atom is -0.497 e. The van der Waals surface area contributed by atoms with E-state index >= 15 is 0 Å². The van der Waals surface area contributed by atoms with Crippen LogP contribution in [0.1, 0.15) is 102 Å². The van der Waals surface area contributed by atoms with Crippen molar-refractivity contribution < 1.29 is 9.53 Å². The fourth-order valence-corrected chi connectivity index (χ4v) is 3.60. The first-order valence-electron chi connectivity index (χ1n) is 12.6. The van der Waals surface area contributed by atoms with Gasteiger partial charge in [-0.3, -0.25) is 0 Å². The maximum atomic E-state index is 11.9. The summed E-state index contributed by atoms with van der Waals surface area (Å²) in [6, 6.07) is 7.65. The molecule has 0 spiro atoms. The third-order valence-electron chi connectivity index (χ3n) is 5.56. The SMILES string of the molecule is CCCCCCCC/C=C\CCCCCCCCNC(=O)NCc1cccc(OC)c1. The van der Waals surface area contributed by atoms with Crippen LogP contribution >= 0.6 is 0 Å².